The van der Waals surface area contributed by atoms with Crippen molar-refractivity contribution in [3.05, 3.63) is 0 Å². The number of aliphatic hydroxyl groups is 1. The van der Waals surface area contributed by atoms with E-state index in [1.807, 2.05) is 0 Å². The number of hydrogen-bond acceptors (Lipinski definition) is 15. The summed E-state index contributed by atoms with van der Waals surface area (Å²) in [5, 5.41) is 10.6. The lowest BCUT2D eigenvalue weighted by Crippen LogP contribution is -2.30. The number of ether oxygens (including phenoxy) is 4. The molecule has 0 spiro atoms. The average molecular weight is 1510 g/mol. The van der Waals surface area contributed by atoms with E-state index < -0.39 is 97.5 Å². The second-order valence-corrected chi connectivity index (χ2v) is 34.1. The average Bonchev–Trinajstić information content (AvgIpc) is 0.949. The zero-order valence-corrected chi connectivity index (χ0v) is 69.4. The van der Waals surface area contributed by atoms with Crippen molar-refractivity contribution in [1.82, 2.24) is 0 Å². The first kappa shape index (κ1) is 101. The van der Waals surface area contributed by atoms with E-state index in [0.717, 1.165) is 115 Å². The number of rotatable bonds is 83. The van der Waals surface area contributed by atoms with Gasteiger partial charge in [-0.25, -0.2) is 9.13 Å². The lowest BCUT2D eigenvalue weighted by atomic mass is 10.0. The molecule has 0 aliphatic rings. The fourth-order valence-corrected chi connectivity index (χ4v) is 14.6. The number of carbonyl (C=O) groups excluding carboxylic acids is 4. The van der Waals surface area contributed by atoms with E-state index in [0.29, 0.717) is 25.7 Å². The summed E-state index contributed by atoms with van der Waals surface area (Å²) in [6.07, 6.45) is 66.8. The minimum atomic E-state index is -4.96. The van der Waals surface area contributed by atoms with Crippen molar-refractivity contribution in [1.29, 1.82) is 0 Å². The first-order valence-electron chi connectivity index (χ1n) is 43.5. The number of phosphoric ester groups is 2. The number of hydrogen-bond donors (Lipinski definition) is 3. The summed E-state index contributed by atoms with van der Waals surface area (Å²) in [6.45, 7) is 9.67. The molecule has 0 aromatic rings. The third-order valence-corrected chi connectivity index (χ3v) is 21.6. The van der Waals surface area contributed by atoms with Crippen molar-refractivity contribution in [3.63, 3.8) is 0 Å². The summed E-state index contributed by atoms with van der Waals surface area (Å²) < 4.78 is 68.7. The quantitative estimate of drug-likeness (QED) is 0.0222. The van der Waals surface area contributed by atoms with Gasteiger partial charge in [-0.1, -0.05) is 395 Å². The molecule has 0 aromatic carbocycles. The molecule has 0 rings (SSSR count). The summed E-state index contributed by atoms with van der Waals surface area (Å²) >= 11 is 0. The molecule has 3 N–H and O–H groups in total. The highest BCUT2D eigenvalue weighted by molar-refractivity contribution is 7.47. The van der Waals surface area contributed by atoms with Crippen LogP contribution in [0.25, 0.3) is 0 Å². The van der Waals surface area contributed by atoms with Gasteiger partial charge in [0.05, 0.1) is 26.4 Å². The molecule has 0 saturated heterocycles. The van der Waals surface area contributed by atoms with E-state index in [9.17, 15) is 43.2 Å². The minimum Gasteiger partial charge on any atom is -0.462 e. The zero-order chi connectivity index (χ0) is 75.6. The van der Waals surface area contributed by atoms with Gasteiger partial charge in [0.1, 0.15) is 19.3 Å². The molecule has 2 unspecified atom stereocenters. The Morgan fingerprint density at radius 3 is 0.660 bits per heavy atom. The van der Waals surface area contributed by atoms with Gasteiger partial charge < -0.3 is 33.8 Å². The molecule has 0 saturated carbocycles. The van der Waals surface area contributed by atoms with Crippen molar-refractivity contribution >= 4 is 39.5 Å². The van der Waals surface area contributed by atoms with Gasteiger partial charge in [-0.15, -0.1) is 0 Å². The molecule has 0 fully saturated rings. The number of unbranched alkanes of at least 4 members (excludes halogenated alkanes) is 53. The molecule has 0 aromatic heterocycles. The van der Waals surface area contributed by atoms with Crippen LogP contribution >= 0.6 is 15.6 Å². The summed E-state index contributed by atoms with van der Waals surface area (Å²) in [4.78, 5) is 73.0. The third-order valence-electron chi connectivity index (χ3n) is 19.7. The van der Waals surface area contributed by atoms with E-state index >= 15 is 0 Å². The van der Waals surface area contributed by atoms with Gasteiger partial charge in [0.25, 0.3) is 0 Å². The Bertz CT molecular complexity index is 1980. The number of phosphoric acid groups is 2. The van der Waals surface area contributed by atoms with Crippen LogP contribution in [0.4, 0.5) is 0 Å². The van der Waals surface area contributed by atoms with Crippen LogP contribution < -0.4 is 0 Å². The normalized spacial score (nSPS) is 13.9. The van der Waals surface area contributed by atoms with Gasteiger partial charge in [0.2, 0.25) is 0 Å². The second-order valence-electron chi connectivity index (χ2n) is 31.2. The molecular formula is C84H164O17P2. The van der Waals surface area contributed by atoms with Crippen LogP contribution in [0.3, 0.4) is 0 Å². The molecule has 0 bridgehead atoms. The van der Waals surface area contributed by atoms with Gasteiger partial charge in [0, 0.05) is 25.7 Å². The minimum absolute atomic E-state index is 0.108. The molecular weight excluding hydrogens is 1340 g/mol. The first-order valence-corrected chi connectivity index (χ1v) is 46.5. The topological polar surface area (TPSA) is 237 Å². The maximum absolute atomic E-state index is 13.1. The van der Waals surface area contributed by atoms with Crippen LogP contribution in [0.15, 0.2) is 0 Å². The Balaban J connectivity index is 5.17. The van der Waals surface area contributed by atoms with Crippen molar-refractivity contribution in [3.8, 4) is 0 Å². The Morgan fingerprint density at radius 1 is 0.262 bits per heavy atom. The maximum atomic E-state index is 13.1. The highest BCUT2D eigenvalue weighted by atomic mass is 31.2. The van der Waals surface area contributed by atoms with E-state index in [1.54, 1.807) is 0 Å². The predicted molar refractivity (Wildman–Crippen MR) is 423 cm³/mol. The van der Waals surface area contributed by atoms with Gasteiger partial charge in [0.15, 0.2) is 12.2 Å². The smallest absolute Gasteiger partial charge is 0.462 e. The number of esters is 4. The molecule has 0 aliphatic carbocycles. The largest absolute Gasteiger partial charge is 0.472 e. The van der Waals surface area contributed by atoms with Crippen LogP contribution in [-0.2, 0) is 65.4 Å². The van der Waals surface area contributed by atoms with Gasteiger partial charge in [-0.05, 0) is 37.5 Å². The lowest BCUT2D eigenvalue weighted by Gasteiger charge is -2.21. The molecule has 0 radical (unpaired) electrons. The van der Waals surface area contributed by atoms with E-state index in [2.05, 4.69) is 41.5 Å². The Morgan fingerprint density at radius 2 is 0.447 bits per heavy atom. The molecule has 0 amide bonds. The molecule has 103 heavy (non-hydrogen) atoms. The Hall–Kier alpha value is -1.94. The molecule has 612 valence electrons. The standard InChI is InChI=1S/C84H164O17P2/c1-7-9-11-13-15-16-17-18-19-20-21-22-28-33-38-43-49-55-61-67-82(87)95-73-80(101-84(89)69-62-56-50-44-39-34-29-24-23-26-31-36-41-47-52-58-64-76(3)4)75-99-103(92,93)97-71-78(85)70-96-102(90,91)98-74-79(72-94-81(86)66-60-54-46-14-12-10-8-2)100-83(88)68-63-57-51-45-40-35-30-25-27-32-37-42-48-53-59-65-77(5)6/h76-80,85H,7-75H2,1-6H3,(H,90,91)(H,92,93)/t78-,79+,80+/m0/s1. The predicted octanol–water partition coefficient (Wildman–Crippen LogP) is 25.5. The van der Waals surface area contributed by atoms with Crippen LogP contribution in [0, 0.1) is 11.8 Å². The molecule has 0 heterocycles. The van der Waals surface area contributed by atoms with Crippen molar-refractivity contribution in [2.45, 2.75) is 464 Å². The first-order chi connectivity index (χ1) is 49.9. The van der Waals surface area contributed by atoms with Crippen molar-refractivity contribution in [2.24, 2.45) is 11.8 Å². The fraction of sp³-hybridized carbons (Fsp3) is 0.952. The highest BCUT2D eigenvalue weighted by Gasteiger charge is 2.30. The number of carbonyl (C=O) groups is 4. The Kier molecular flexibility index (Phi) is 74.1. The monoisotopic (exact) mass is 1510 g/mol. The Labute approximate surface area is 632 Å². The zero-order valence-electron chi connectivity index (χ0n) is 67.6. The van der Waals surface area contributed by atoms with Gasteiger partial charge in [-0.3, -0.25) is 37.3 Å². The fourth-order valence-electron chi connectivity index (χ4n) is 13.1. The van der Waals surface area contributed by atoms with Crippen LogP contribution in [0.2, 0.25) is 0 Å². The van der Waals surface area contributed by atoms with E-state index in [1.165, 1.54) is 250 Å². The number of aliphatic hydroxyl groups excluding tert-OH is 1. The lowest BCUT2D eigenvalue weighted by molar-refractivity contribution is -0.161. The van der Waals surface area contributed by atoms with Crippen LogP contribution in [0.5, 0.6) is 0 Å². The third kappa shape index (κ3) is 78.0. The highest BCUT2D eigenvalue weighted by Crippen LogP contribution is 2.45. The summed E-state index contributed by atoms with van der Waals surface area (Å²) in [7, 11) is -9.92. The van der Waals surface area contributed by atoms with E-state index in [4.69, 9.17) is 37.0 Å². The van der Waals surface area contributed by atoms with Crippen molar-refractivity contribution in [2.75, 3.05) is 39.6 Å². The summed E-state index contributed by atoms with van der Waals surface area (Å²) in [5.41, 5.74) is 0. The van der Waals surface area contributed by atoms with Gasteiger partial charge >= 0.3 is 39.5 Å². The second kappa shape index (κ2) is 75.5. The molecule has 17 nitrogen and oxygen atoms in total. The maximum Gasteiger partial charge on any atom is 0.472 e. The van der Waals surface area contributed by atoms with Gasteiger partial charge in [-0.2, -0.15) is 0 Å². The van der Waals surface area contributed by atoms with Crippen LogP contribution in [-0.4, -0.2) is 96.7 Å². The van der Waals surface area contributed by atoms with Crippen molar-refractivity contribution < 1.29 is 80.2 Å². The molecule has 0 aliphatic heterocycles. The SMILES string of the molecule is CCCCCCCCCCCCCCCCCCCCCC(=O)OC[C@H](COP(=O)(O)OC[C@@H](O)COP(=O)(O)OC[C@@H](COC(=O)CCCCCCCCC)OC(=O)CCCCCCCCCCCCCCCCCC(C)C)OC(=O)CCCCCCCCCCCCCCCCCCC(C)C. The molecule has 19 heteroatoms. The summed E-state index contributed by atoms with van der Waals surface area (Å²) in [6, 6.07) is 0. The molecule has 5 atom stereocenters. The van der Waals surface area contributed by atoms with E-state index in [-0.39, 0.29) is 25.7 Å². The summed E-state index contributed by atoms with van der Waals surface area (Å²) in [5.74, 6) is -0.497. The van der Waals surface area contributed by atoms with Crippen LogP contribution in [0.1, 0.15) is 446 Å².